The van der Waals surface area contributed by atoms with Crippen LogP contribution in [-0.2, 0) is 11.2 Å². The van der Waals surface area contributed by atoms with Gasteiger partial charge in [-0.25, -0.2) is 4.98 Å². The standard InChI is InChI=1S/C16H18ClN3OS/c17-12-5-3-11(4-6-12)16-20-14(10-22-16)8-15(21)19-13-2-1-7-18-9-13/h3-6,10,13,18H,1-2,7-9H2,(H,19,21)/t13-/m0/s1. The summed E-state index contributed by atoms with van der Waals surface area (Å²) in [5.74, 6) is 0.0432. The number of aromatic nitrogens is 1. The first-order chi connectivity index (χ1) is 10.7. The molecule has 0 unspecified atom stereocenters. The average molecular weight is 336 g/mol. The lowest BCUT2D eigenvalue weighted by Gasteiger charge is -2.23. The molecule has 2 aromatic rings. The fraction of sp³-hybridized carbons (Fsp3) is 0.375. The molecule has 1 amide bonds. The third-order valence-corrected chi connectivity index (χ3v) is 4.84. The number of amides is 1. The molecule has 116 valence electrons. The third kappa shape index (κ3) is 4.06. The van der Waals surface area contributed by atoms with Crippen LogP contribution in [0.5, 0.6) is 0 Å². The first-order valence-electron chi connectivity index (χ1n) is 7.41. The predicted molar refractivity (Wildman–Crippen MR) is 90.3 cm³/mol. The summed E-state index contributed by atoms with van der Waals surface area (Å²) in [6.45, 7) is 1.90. The molecule has 22 heavy (non-hydrogen) atoms. The predicted octanol–water partition coefficient (Wildman–Crippen LogP) is 2.87. The van der Waals surface area contributed by atoms with E-state index in [0.717, 1.165) is 42.2 Å². The van der Waals surface area contributed by atoms with Crippen LogP contribution >= 0.6 is 22.9 Å². The normalized spacial score (nSPS) is 18.1. The van der Waals surface area contributed by atoms with E-state index in [2.05, 4.69) is 15.6 Å². The number of rotatable bonds is 4. The minimum atomic E-state index is 0.0432. The van der Waals surface area contributed by atoms with Crippen LogP contribution in [0.3, 0.4) is 0 Å². The molecule has 0 aliphatic carbocycles. The third-order valence-electron chi connectivity index (χ3n) is 3.65. The molecule has 1 aromatic carbocycles. The maximum atomic E-state index is 12.1. The molecule has 1 atom stereocenters. The Labute approximate surface area is 138 Å². The Hall–Kier alpha value is -1.43. The number of piperidine rings is 1. The number of nitrogens with one attached hydrogen (secondary N) is 2. The zero-order chi connectivity index (χ0) is 15.4. The Balaban J connectivity index is 1.59. The second-order valence-electron chi connectivity index (χ2n) is 5.44. The van der Waals surface area contributed by atoms with Gasteiger partial charge in [0.05, 0.1) is 12.1 Å². The van der Waals surface area contributed by atoms with Crippen molar-refractivity contribution in [1.29, 1.82) is 0 Å². The van der Waals surface area contributed by atoms with Crippen molar-refractivity contribution < 1.29 is 4.79 Å². The van der Waals surface area contributed by atoms with Gasteiger partial charge < -0.3 is 10.6 Å². The molecular formula is C16H18ClN3OS. The molecule has 0 saturated carbocycles. The SMILES string of the molecule is O=C(Cc1csc(-c2ccc(Cl)cc2)n1)N[C@H]1CCCNC1. The summed E-state index contributed by atoms with van der Waals surface area (Å²) in [5, 5.41) is 9.94. The van der Waals surface area contributed by atoms with Gasteiger partial charge in [0.1, 0.15) is 5.01 Å². The van der Waals surface area contributed by atoms with Crippen molar-refractivity contribution in [1.82, 2.24) is 15.6 Å². The molecule has 0 spiro atoms. The number of nitrogens with zero attached hydrogens (tertiary/aromatic N) is 1. The van der Waals surface area contributed by atoms with E-state index >= 15 is 0 Å². The molecule has 1 fully saturated rings. The number of hydrogen-bond donors (Lipinski definition) is 2. The molecule has 2 N–H and O–H groups in total. The lowest BCUT2D eigenvalue weighted by molar-refractivity contribution is -0.121. The van der Waals surface area contributed by atoms with Crippen LogP contribution in [0.4, 0.5) is 0 Å². The number of benzene rings is 1. The molecule has 2 heterocycles. The maximum absolute atomic E-state index is 12.1. The van der Waals surface area contributed by atoms with Gasteiger partial charge in [0.2, 0.25) is 5.91 Å². The second kappa shape index (κ2) is 7.22. The fourth-order valence-corrected chi connectivity index (χ4v) is 3.48. The summed E-state index contributed by atoms with van der Waals surface area (Å²) in [5.41, 5.74) is 1.84. The molecule has 6 heteroatoms. The summed E-state index contributed by atoms with van der Waals surface area (Å²) in [6, 6.07) is 7.83. The molecule has 1 saturated heterocycles. The Kier molecular flexibility index (Phi) is 5.08. The zero-order valence-electron chi connectivity index (χ0n) is 12.1. The van der Waals surface area contributed by atoms with E-state index in [4.69, 9.17) is 11.6 Å². The lowest BCUT2D eigenvalue weighted by Crippen LogP contribution is -2.46. The largest absolute Gasteiger partial charge is 0.352 e. The topological polar surface area (TPSA) is 54.0 Å². The summed E-state index contributed by atoms with van der Waals surface area (Å²) in [7, 11) is 0. The van der Waals surface area contributed by atoms with E-state index in [1.54, 1.807) is 11.3 Å². The van der Waals surface area contributed by atoms with E-state index in [1.807, 2.05) is 29.6 Å². The minimum Gasteiger partial charge on any atom is -0.352 e. The molecule has 0 bridgehead atoms. The summed E-state index contributed by atoms with van der Waals surface area (Å²) >= 11 is 7.44. The van der Waals surface area contributed by atoms with E-state index in [-0.39, 0.29) is 11.9 Å². The highest BCUT2D eigenvalue weighted by atomic mass is 35.5. The van der Waals surface area contributed by atoms with Crippen LogP contribution in [0.2, 0.25) is 5.02 Å². The minimum absolute atomic E-state index is 0.0432. The highest BCUT2D eigenvalue weighted by Gasteiger charge is 2.16. The van der Waals surface area contributed by atoms with Crippen molar-refractivity contribution in [2.45, 2.75) is 25.3 Å². The van der Waals surface area contributed by atoms with Crippen molar-refractivity contribution >= 4 is 28.8 Å². The van der Waals surface area contributed by atoms with Gasteiger partial charge in [-0.2, -0.15) is 0 Å². The smallest absolute Gasteiger partial charge is 0.226 e. The Morgan fingerprint density at radius 2 is 2.23 bits per heavy atom. The van der Waals surface area contributed by atoms with Gasteiger partial charge >= 0.3 is 0 Å². The van der Waals surface area contributed by atoms with E-state index in [0.29, 0.717) is 11.4 Å². The maximum Gasteiger partial charge on any atom is 0.226 e. The molecule has 3 rings (SSSR count). The Bertz CT molecular complexity index is 635. The molecule has 0 radical (unpaired) electrons. The molecule has 1 aromatic heterocycles. The molecule has 4 nitrogen and oxygen atoms in total. The number of carbonyl (C=O) groups is 1. The fourth-order valence-electron chi connectivity index (χ4n) is 2.53. The van der Waals surface area contributed by atoms with Crippen molar-refractivity contribution in [3.05, 3.63) is 40.4 Å². The highest BCUT2D eigenvalue weighted by Crippen LogP contribution is 2.25. The first kappa shape index (κ1) is 15.5. The summed E-state index contributed by atoms with van der Waals surface area (Å²) in [4.78, 5) is 16.6. The van der Waals surface area contributed by atoms with Crippen LogP contribution in [0.1, 0.15) is 18.5 Å². The number of carbonyl (C=O) groups excluding carboxylic acids is 1. The van der Waals surface area contributed by atoms with Crippen LogP contribution in [-0.4, -0.2) is 30.0 Å². The van der Waals surface area contributed by atoms with Gasteiger partial charge in [0.25, 0.3) is 0 Å². The summed E-state index contributed by atoms with van der Waals surface area (Å²) in [6.07, 6.45) is 2.49. The number of halogens is 1. The van der Waals surface area contributed by atoms with Gasteiger partial charge in [-0.05, 0) is 31.5 Å². The van der Waals surface area contributed by atoms with Crippen molar-refractivity contribution in [2.24, 2.45) is 0 Å². The monoisotopic (exact) mass is 335 g/mol. The van der Waals surface area contributed by atoms with Gasteiger partial charge in [-0.1, -0.05) is 23.7 Å². The van der Waals surface area contributed by atoms with Gasteiger partial charge in [-0.15, -0.1) is 11.3 Å². The van der Waals surface area contributed by atoms with Gasteiger partial charge in [-0.3, -0.25) is 4.79 Å². The van der Waals surface area contributed by atoms with Gasteiger partial charge in [0, 0.05) is 28.6 Å². The van der Waals surface area contributed by atoms with E-state index in [1.165, 1.54) is 0 Å². The molecule has 1 aliphatic heterocycles. The Morgan fingerprint density at radius 3 is 2.95 bits per heavy atom. The molecule has 1 aliphatic rings. The van der Waals surface area contributed by atoms with Crippen LogP contribution in [0, 0.1) is 0 Å². The Morgan fingerprint density at radius 1 is 1.41 bits per heavy atom. The lowest BCUT2D eigenvalue weighted by atomic mass is 10.1. The van der Waals surface area contributed by atoms with E-state index in [9.17, 15) is 4.79 Å². The first-order valence-corrected chi connectivity index (χ1v) is 8.67. The zero-order valence-corrected chi connectivity index (χ0v) is 13.7. The van der Waals surface area contributed by atoms with Crippen molar-refractivity contribution in [3.8, 4) is 10.6 Å². The average Bonchev–Trinajstić information content (AvgIpc) is 2.97. The van der Waals surface area contributed by atoms with Crippen molar-refractivity contribution in [2.75, 3.05) is 13.1 Å². The summed E-state index contributed by atoms with van der Waals surface area (Å²) < 4.78 is 0. The second-order valence-corrected chi connectivity index (χ2v) is 6.73. The van der Waals surface area contributed by atoms with Crippen LogP contribution < -0.4 is 10.6 Å². The number of thiazole rings is 1. The van der Waals surface area contributed by atoms with Crippen LogP contribution in [0.15, 0.2) is 29.6 Å². The molecular weight excluding hydrogens is 318 g/mol. The quantitative estimate of drug-likeness (QED) is 0.903. The van der Waals surface area contributed by atoms with Crippen LogP contribution in [0.25, 0.3) is 10.6 Å². The number of hydrogen-bond acceptors (Lipinski definition) is 4. The van der Waals surface area contributed by atoms with E-state index < -0.39 is 0 Å². The highest BCUT2D eigenvalue weighted by molar-refractivity contribution is 7.13. The van der Waals surface area contributed by atoms with Gasteiger partial charge in [0.15, 0.2) is 0 Å². The van der Waals surface area contributed by atoms with Crippen molar-refractivity contribution in [3.63, 3.8) is 0 Å².